The van der Waals surface area contributed by atoms with Crippen molar-refractivity contribution in [2.45, 2.75) is 31.3 Å². The van der Waals surface area contributed by atoms with Gasteiger partial charge in [0.25, 0.3) is 0 Å². The fourth-order valence-electron chi connectivity index (χ4n) is 4.91. The fourth-order valence-corrected chi connectivity index (χ4v) is 10.8. The second-order valence-corrected chi connectivity index (χ2v) is 11.2. The van der Waals surface area contributed by atoms with Crippen molar-refractivity contribution in [2.24, 2.45) is 17.8 Å². The maximum Gasteiger partial charge on any atom is -0.00213 e. The maximum absolute atomic E-state index is 6.25. The van der Waals surface area contributed by atoms with E-state index in [4.69, 9.17) is 11.8 Å². The van der Waals surface area contributed by atoms with Crippen LogP contribution in [0.15, 0.2) is 30.3 Å². The van der Waals surface area contributed by atoms with E-state index in [2.05, 4.69) is 30.3 Å². The molecule has 2 aliphatic carbocycles. The molecule has 0 aromatic heterocycles. The highest BCUT2D eigenvalue weighted by molar-refractivity contribution is 8.18. The Bertz CT molecular complexity index is 481. The summed E-state index contributed by atoms with van der Waals surface area (Å²) in [6.45, 7) is 0. The van der Waals surface area contributed by atoms with E-state index in [1.165, 1.54) is 37.1 Å². The Labute approximate surface area is 109 Å². The van der Waals surface area contributed by atoms with Gasteiger partial charge in [0.05, 0.1) is 0 Å². The molecule has 3 fully saturated rings. The summed E-state index contributed by atoms with van der Waals surface area (Å²) in [5, 5.41) is 1.54. The summed E-state index contributed by atoms with van der Waals surface area (Å²) in [5.41, 5.74) is 0.929. The molecule has 0 N–H and O–H groups in total. The average Bonchev–Trinajstić information content (AvgIpc) is 3.04. The molecule has 2 bridgehead atoms. The molecule has 2 saturated carbocycles. The van der Waals surface area contributed by atoms with Crippen LogP contribution in [-0.4, -0.2) is 11.8 Å². The van der Waals surface area contributed by atoms with Crippen LogP contribution < -0.4 is 5.30 Å². The van der Waals surface area contributed by atoms with Crippen LogP contribution in [0.3, 0.4) is 0 Å². The van der Waals surface area contributed by atoms with Crippen molar-refractivity contribution in [2.75, 3.05) is 6.16 Å². The Balaban J connectivity index is 1.78. The third-order valence-corrected chi connectivity index (χ3v) is 11.3. The zero-order valence-corrected chi connectivity index (χ0v) is 11.8. The molecule has 1 aliphatic heterocycles. The summed E-state index contributed by atoms with van der Waals surface area (Å²) in [6, 6.07) is 9.89. The van der Waals surface area contributed by atoms with E-state index in [-0.39, 0.29) is 0 Å². The Morgan fingerprint density at radius 3 is 2.59 bits per heavy atom. The second kappa shape index (κ2) is 3.68. The van der Waals surface area contributed by atoms with E-state index in [0.717, 1.165) is 23.4 Å². The standard InChI is InChI=1S/C15H19PS/c17-16(13-4-2-1-3-5-13)9-8-14-11-6-7-12(10-11)15(14)16/h1-5,11-12,14-15H,6-10H2. The summed E-state index contributed by atoms with van der Waals surface area (Å²) in [5.74, 6) is 3.07. The predicted molar refractivity (Wildman–Crippen MR) is 78.0 cm³/mol. The van der Waals surface area contributed by atoms with Gasteiger partial charge in [0.2, 0.25) is 0 Å². The number of hydrogen-bond acceptors (Lipinski definition) is 1. The van der Waals surface area contributed by atoms with Crippen molar-refractivity contribution >= 4 is 23.1 Å². The molecule has 17 heavy (non-hydrogen) atoms. The minimum Gasteiger partial charge on any atom is -0.0923 e. The second-order valence-electron chi connectivity index (χ2n) is 6.13. The van der Waals surface area contributed by atoms with E-state index in [1.54, 1.807) is 0 Å². The summed E-state index contributed by atoms with van der Waals surface area (Å²) in [7, 11) is 0. The number of benzene rings is 1. The molecular weight excluding hydrogens is 243 g/mol. The molecule has 2 heteroatoms. The van der Waals surface area contributed by atoms with Crippen LogP contribution in [0.4, 0.5) is 0 Å². The third-order valence-electron chi connectivity index (χ3n) is 5.51. The third kappa shape index (κ3) is 1.39. The van der Waals surface area contributed by atoms with Gasteiger partial charge in [-0.2, -0.15) is 0 Å². The molecule has 1 aromatic rings. The quantitative estimate of drug-likeness (QED) is 0.697. The van der Waals surface area contributed by atoms with Crippen molar-refractivity contribution < 1.29 is 0 Å². The van der Waals surface area contributed by atoms with E-state index in [9.17, 15) is 0 Å². The number of hydrogen-bond donors (Lipinski definition) is 0. The van der Waals surface area contributed by atoms with Crippen LogP contribution >= 0.6 is 6.04 Å². The molecule has 4 rings (SSSR count). The molecule has 1 aromatic carbocycles. The van der Waals surface area contributed by atoms with Crippen molar-refractivity contribution in [1.82, 2.24) is 0 Å². The topological polar surface area (TPSA) is 0 Å². The van der Waals surface area contributed by atoms with Crippen LogP contribution in [0.2, 0.25) is 0 Å². The Morgan fingerprint density at radius 2 is 1.76 bits per heavy atom. The van der Waals surface area contributed by atoms with Crippen LogP contribution in [0.25, 0.3) is 0 Å². The summed E-state index contributed by atoms with van der Waals surface area (Å²) < 4.78 is 0. The zero-order chi connectivity index (χ0) is 11.5. The lowest BCUT2D eigenvalue weighted by molar-refractivity contribution is 0.348. The molecule has 5 atom stereocenters. The van der Waals surface area contributed by atoms with E-state index in [1.807, 2.05) is 0 Å². The normalized spacial score (nSPS) is 47.3. The summed E-state index contributed by atoms with van der Waals surface area (Å²) in [6.07, 6.45) is 7.31. The van der Waals surface area contributed by atoms with E-state index >= 15 is 0 Å². The molecule has 1 heterocycles. The molecule has 3 aliphatic rings. The zero-order valence-electron chi connectivity index (χ0n) is 10.1. The molecule has 90 valence electrons. The lowest BCUT2D eigenvalue weighted by Crippen LogP contribution is -2.25. The van der Waals surface area contributed by atoms with Crippen LogP contribution in [0.5, 0.6) is 0 Å². The first-order chi connectivity index (χ1) is 8.29. The monoisotopic (exact) mass is 262 g/mol. The van der Waals surface area contributed by atoms with Gasteiger partial charge in [0.1, 0.15) is 0 Å². The fraction of sp³-hybridized carbons (Fsp3) is 0.600. The summed E-state index contributed by atoms with van der Waals surface area (Å²) in [4.78, 5) is 0. The van der Waals surface area contributed by atoms with Gasteiger partial charge in [0, 0.05) is 0 Å². The molecule has 5 unspecified atom stereocenters. The molecule has 0 spiro atoms. The first-order valence-electron chi connectivity index (χ1n) is 6.93. The van der Waals surface area contributed by atoms with Crippen molar-refractivity contribution in [3.8, 4) is 0 Å². The van der Waals surface area contributed by atoms with Crippen LogP contribution in [-0.2, 0) is 11.8 Å². The van der Waals surface area contributed by atoms with Crippen molar-refractivity contribution in [1.29, 1.82) is 0 Å². The minimum atomic E-state index is -1.24. The largest absolute Gasteiger partial charge is 0.0923 e. The van der Waals surface area contributed by atoms with Gasteiger partial charge in [0.15, 0.2) is 0 Å². The SMILES string of the molecule is S=P1(c2ccccc2)CCC2C3CCC(C3)C21. The molecular formula is C15H19PS. The molecule has 0 radical (unpaired) electrons. The van der Waals surface area contributed by atoms with Crippen LogP contribution in [0.1, 0.15) is 25.7 Å². The van der Waals surface area contributed by atoms with Crippen molar-refractivity contribution in [3.63, 3.8) is 0 Å². The number of rotatable bonds is 1. The van der Waals surface area contributed by atoms with Gasteiger partial charge >= 0.3 is 0 Å². The Hall–Kier alpha value is -0.130. The highest BCUT2D eigenvalue weighted by Crippen LogP contribution is 2.71. The lowest BCUT2D eigenvalue weighted by atomic mass is 9.87. The van der Waals surface area contributed by atoms with Crippen molar-refractivity contribution in [3.05, 3.63) is 30.3 Å². The minimum absolute atomic E-state index is 0.929. The Kier molecular flexibility index (Phi) is 2.33. The first kappa shape index (κ1) is 10.8. The smallest absolute Gasteiger partial charge is 0.00213 e. The van der Waals surface area contributed by atoms with Gasteiger partial charge in [-0.25, -0.2) is 0 Å². The lowest BCUT2D eigenvalue weighted by Gasteiger charge is -2.32. The summed E-state index contributed by atoms with van der Waals surface area (Å²) >= 11 is 6.25. The van der Waals surface area contributed by atoms with Gasteiger partial charge in [-0.1, -0.05) is 42.1 Å². The van der Waals surface area contributed by atoms with Crippen LogP contribution in [0, 0.1) is 17.8 Å². The molecule has 1 saturated heterocycles. The maximum atomic E-state index is 6.25. The highest BCUT2D eigenvalue weighted by atomic mass is 32.4. The average molecular weight is 262 g/mol. The molecule has 0 amide bonds. The van der Waals surface area contributed by atoms with Gasteiger partial charge in [-0.05, 0) is 66.6 Å². The van der Waals surface area contributed by atoms with Gasteiger partial charge < -0.3 is 0 Å². The highest BCUT2D eigenvalue weighted by Gasteiger charge is 2.56. The van der Waals surface area contributed by atoms with Gasteiger partial charge in [-0.15, -0.1) is 0 Å². The van der Waals surface area contributed by atoms with E-state index < -0.39 is 6.04 Å². The Morgan fingerprint density at radius 1 is 1.00 bits per heavy atom. The van der Waals surface area contributed by atoms with E-state index in [0.29, 0.717) is 0 Å². The number of fused-ring (bicyclic) bond motifs is 5. The van der Waals surface area contributed by atoms with Gasteiger partial charge in [-0.3, -0.25) is 0 Å². The first-order valence-corrected chi connectivity index (χ1v) is 9.99. The molecule has 0 nitrogen and oxygen atoms in total. The predicted octanol–water partition coefficient (Wildman–Crippen LogP) is 3.61.